The van der Waals surface area contributed by atoms with Gasteiger partial charge in [-0.3, -0.25) is 14.4 Å². The first-order valence-electron chi connectivity index (χ1n) is 8.60. The number of rotatable bonds is 8. The van der Waals surface area contributed by atoms with Gasteiger partial charge >= 0.3 is 5.97 Å². The number of carboxylic acids is 1. The average Bonchev–Trinajstić information content (AvgIpc) is 3.05. The van der Waals surface area contributed by atoms with Crippen molar-refractivity contribution in [2.24, 2.45) is 11.7 Å². The number of amides is 3. The van der Waals surface area contributed by atoms with E-state index in [9.17, 15) is 24.3 Å². The van der Waals surface area contributed by atoms with E-state index < -0.39 is 54.5 Å². The van der Waals surface area contributed by atoms with Crippen LogP contribution in [0, 0.1) is 5.92 Å². The predicted molar refractivity (Wildman–Crippen MR) is 91.8 cm³/mol. The van der Waals surface area contributed by atoms with Crippen LogP contribution in [0.3, 0.4) is 0 Å². The quantitative estimate of drug-likeness (QED) is 0.330. The van der Waals surface area contributed by atoms with Crippen molar-refractivity contribution in [3.8, 4) is 0 Å². The van der Waals surface area contributed by atoms with E-state index in [-0.39, 0.29) is 5.92 Å². The maximum atomic E-state index is 12.2. The van der Waals surface area contributed by atoms with E-state index in [0.717, 1.165) is 0 Å². The summed E-state index contributed by atoms with van der Waals surface area (Å²) in [6.45, 7) is 4.71. The number of carboxylic acid groups (broad SMARTS) is 1. The smallest absolute Gasteiger partial charge is 0.326 e. The van der Waals surface area contributed by atoms with Crippen molar-refractivity contribution < 1.29 is 29.4 Å². The monoisotopic (exact) mass is 372 g/mol. The molecule has 26 heavy (non-hydrogen) atoms. The van der Waals surface area contributed by atoms with E-state index in [1.807, 2.05) is 0 Å². The second-order valence-corrected chi connectivity index (χ2v) is 6.80. The maximum Gasteiger partial charge on any atom is 0.326 e. The van der Waals surface area contributed by atoms with E-state index in [1.54, 1.807) is 13.8 Å². The molecule has 148 valence electrons. The summed E-state index contributed by atoms with van der Waals surface area (Å²) in [5, 5.41) is 23.6. The molecule has 1 rings (SSSR count). The topological polar surface area (TPSA) is 162 Å². The summed E-state index contributed by atoms with van der Waals surface area (Å²) < 4.78 is 0. The fourth-order valence-electron chi connectivity index (χ4n) is 2.65. The van der Waals surface area contributed by atoms with Crippen molar-refractivity contribution in [2.45, 2.75) is 57.8 Å². The Kier molecular flexibility index (Phi) is 7.97. The summed E-state index contributed by atoms with van der Waals surface area (Å²) in [5.74, 6) is -3.10. The Morgan fingerprint density at radius 1 is 1.19 bits per heavy atom. The Balaban J connectivity index is 2.63. The van der Waals surface area contributed by atoms with E-state index >= 15 is 0 Å². The van der Waals surface area contributed by atoms with Crippen molar-refractivity contribution >= 4 is 23.7 Å². The first kappa shape index (κ1) is 21.8. The van der Waals surface area contributed by atoms with Gasteiger partial charge in [-0.2, -0.15) is 0 Å². The van der Waals surface area contributed by atoms with Gasteiger partial charge < -0.3 is 31.5 Å². The van der Waals surface area contributed by atoms with Gasteiger partial charge in [0, 0.05) is 6.54 Å². The molecule has 0 aromatic heterocycles. The highest BCUT2D eigenvalue weighted by molar-refractivity contribution is 5.93. The molecule has 1 fully saturated rings. The molecule has 0 saturated carbocycles. The van der Waals surface area contributed by atoms with Gasteiger partial charge in [-0.25, -0.2) is 4.79 Å². The molecule has 4 atom stereocenters. The second-order valence-electron chi connectivity index (χ2n) is 6.80. The first-order chi connectivity index (χ1) is 12.1. The fraction of sp³-hybridized carbons (Fsp3) is 0.750. The van der Waals surface area contributed by atoms with Crippen LogP contribution in [0.2, 0.25) is 0 Å². The summed E-state index contributed by atoms with van der Waals surface area (Å²) in [7, 11) is 0. The Morgan fingerprint density at radius 3 is 2.31 bits per heavy atom. The molecule has 1 aliphatic heterocycles. The predicted octanol–water partition coefficient (Wildman–Crippen LogP) is -1.97. The van der Waals surface area contributed by atoms with Crippen LogP contribution < -0.4 is 16.4 Å². The highest BCUT2D eigenvalue weighted by Crippen LogP contribution is 2.17. The third kappa shape index (κ3) is 5.67. The lowest BCUT2D eigenvalue weighted by Crippen LogP contribution is -2.57. The van der Waals surface area contributed by atoms with Crippen molar-refractivity contribution in [2.75, 3.05) is 13.1 Å². The molecule has 0 spiro atoms. The number of nitrogens with two attached hydrogens (primary N) is 1. The molecule has 3 amide bonds. The largest absolute Gasteiger partial charge is 0.480 e. The van der Waals surface area contributed by atoms with Crippen molar-refractivity contribution in [3.63, 3.8) is 0 Å². The van der Waals surface area contributed by atoms with Crippen LogP contribution in [0.4, 0.5) is 0 Å². The molecule has 0 radical (unpaired) electrons. The molecule has 0 aromatic rings. The zero-order valence-corrected chi connectivity index (χ0v) is 15.3. The van der Waals surface area contributed by atoms with Crippen molar-refractivity contribution in [3.05, 3.63) is 0 Å². The van der Waals surface area contributed by atoms with E-state index in [2.05, 4.69) is 10.6 Å². The highest BCUT2D eigenvalue weighted by atomic mass is 16.4. The second kappa shape index (κ2) is 9.48. The van der Waals surface area contributed by atoms with Crippen LogP contribution in [-0.2, 0) is 19.2 Å². The van der Waals surface area contributed by atoms with Crippen LogP contribution in [0.5, 0.6) is 0 Å². The van der Waals surface area contributed by atoms with E-state index in [1.165, 1.54) is 11.8 Å². The van der Waals surface area contributed by atoms with Gasteiger partial charge in [0.05, 0.1) is 18.7 Å². The Labute approximate surface area is 152 Å². The van der Waals surface area contributed by atoms with Crippen LogP contribution >= 0.6 is 0 Å². The normalized spacial score (nSPS) is 20.4. The Hall–Kier alpha value is -2.20. The molecule has 0 bridgehead atoms. The Morgan fingerprint density at radius 2 is 1.81 bits per heavy atom. The molecular formula is C16H28N4O6. The Bertz CT molecular complexity index is 551. The van der Waals surface area contributed by atoms with Gasteiger partial charge in [-0.05, 0) is 25.7 Å². The van der Waals surface area contributed by atoms with Crippen molar-refractivity contribution in [1.29, 1.82) is 0 Å². The van der Waals surface area contributed by atoms with Crippen molar-refractivity contribution in [1.82, 2.24) is 15.5 Å². The molecule has 10 heteroatoms. The number of hydrogen-bond donors (Lipinski definition) is 5. The highest BCUT2D eigenvalue weighted by Gasteiger charge is 2.34. The summed E-state index contributed by atoms with van der Waals surface area (Å²) in [4.78, 5) is 48.7. The third-order valence-electron chi connectivity index (χ3n) is 4.36. The number of aliphatic carboxylic acids is 1. The molecule has 6 N–H and O–H groups in total. The molecular weight excluding hydrogens is 344 g/mol. The van der Waals surface area contributed by atoms with Gasteiger partial charge in [-0.15, -0.1) is 0 Å². The number of nitrogens with zero attached hydrogens (tertiary/aromatic N) is 1. The zero-order chi connectivity index (χ0) is 20.0. The molecule has 10 nitrogen and oxygen atoms in total. The molecule has 0 aliphatic carbocycles. The van der Waals surface area contributed by atoms with E-state index in [4.69, 9.17) is 10.8 Å². The lowest BCUT2D eigenvalue weighted by molar-refractivity contribution is -0.148. The molecule has 1 saturated heterocycles. The maximum absolute atomic E-state index is 12.2. The molecule has 4 unspecified atom stereocenters. The number of carbonyl (C=O) groups excluding carboxylic acids is 3. The molecule has 1 aliphatic rings. The number of nitrogens with one attached hydrogen (secondary N) is 2. The van der Waals surface area contributed by atoms with Crippen LogP contribution in [0.1, 0.15) is 33.6 Å². The lowest BCUT2D eigenvalue weighted by Gasteiger charge is -2.25. The minimum atomic E-state index is -1.27. The molecule has 0 aromatic carbocycles. The number of hydrogen-bond acceptors (Lipinski definition) is 6. The van der Waals surface area contributed by atoms with Gasteiger partial charge in [0.15, 0.2) is 0 Å². The number of likely N-dealkylation sites (tertiary alicyclic amines) is 1. The molecule has 1 heterocycles. The SMILES string of the molecule is CC(C)C(N)C(=O)NC(C(=O)NCC(=O)N1CCCC1C(=O)O)C(C)O. The zero-order valence-electron chi connectivity index (χ0n) is 15.3. The standard InChI is InChI=1S/C16H28N4O6/c1-8(2)12(17)14(23)19-13(9(3)21)15(24)18-7-11(22)20-6-4-5-10(20)16(25)26/h8-10,12-13,21H,4-7,17H2,1-3H3,(H,18,24)(H,19,23)(H,25,26). The van der Waals surface area contributed by atoms with Gasteiger partial charge in [-0.1, -0.05) is 13.8 Å². The lowest BCUT2D eigenvalue weighted by atomic mass is 10.0. The number of aliphatic hydroxyl groups excluding tert-OH is 1. The van der Waals surface area contributed by atoms with Gasteiger partial charge in [0.1, 0.15) is 12.1 Å². The summed E-state index contributed by atoms with van der Waals surface area (Å²) >= 11 is 0. The van der Waals surface area contributed by atoms with Crippen LogP contribution in [-0.4, -0.2) is 76.1 Å². The van der Waals surface area contributed by atoms with Gasteiger partial charge in [0.25, 0.3) is 0 Å². The summed E-state index contributed by atoms with van der Waals surface area (Å²) in [6.07, 6.45) is -0.253. The van der Waals surface area contributed by atoms with Gasteiger partial charge in [0.2, 0.25) is 17.7 Å². The first-order valence-corrected chi connectivity index (χ1v) is 8.60. The minimum Gasteiger partial charge on any atom is -0.480 e. The van der Waals surface area contributed by atoms with E-state index in [0.29, 0.717) is 19.4 Å². The summed E-state index contributed by atoms with van der Waals surface area (Å²) in [5.41, 5.74) is 5.72. The number of aliphatic hydroxyl groups is 1. The third-order valence-corrected chi connectivity index (χ3v) is 4.36. The average molecular weight is 372 g/mol. The van der Waals surface area contributed by atoms with Crippen LogP contribution in [0.15, 0.2) is 0 Å². The van der Waals surface area contributed by atoms with Crippen LogP contribution in [0.25, 0.3) is 0 Å². The number of carbonyl (C=O) groups is 4. The minimum absolute atomic E-state index is 0.155. The summed E-state index contributed by atoms with van der Waals surface area (Å²) in [6, 6.07) is -3.00. The fourth-order valence-corrected chi connectivity index (χ4v) is 2.65.